The van der Waals surface area contributed by atoms with Gasteiger partial charge in [0.05, 0.1) is 22.8 Å². The van der Waals surface area contributed by atoms with Crippen LogP contribution in [0.3, 0.4) is 0 Å². The summed E-state index contributed by atoms with van der Waals surface area (Å²) in [5, 5.41) is 8.90. The average Bonchev–Trinajstić information content (AvgIpc) is 2.28. The number of carbonyl (C=O) groups excluding carboxylic acids is 1. The van der Waals surface area contributed by atoms with Crippen molar-refractivity contribution in [3.8, 4) is 6.07 Å². The number of esters is 1. The third-order valence-corrected chi connectivity index (χ3v) is 2.44. The van der Waals surface area contributed by atoms with Gasteiger partial charge in [0.1, 0.15) is 6.07 Å². The zero-order valence-electron chi connectivity index (χ0n) is 8.79. The van der Waals surface area contributed by atoms with E-state index in [1.165, 1.54) is 6.07 Å². The number of rotatable bonds is 3. The molecule has 1 aromatic rings. The fourth-order valence-electron chi connectivity index (χ4n) is 1.30. The van der Waals surface area contributed by atoms with Crippen LogP contribution in [-0.4, -0.2) is 12.6 Å². The number of hydrogen-bond acceptors (Lipinski definition) is 4. The number of nitriles is 1. The van der Waals surface area contributed by atoms with Gasteiger partial charge in [0.15, 0.2) is 0 Å². The van der Waals surface area contributed by atoms with Gasteiger partial charge in [-0.25, -0.2) is 4.79 Å². The number of hydrogen-bond donors (Lipinski definition) is 1. The molecule has 0 saturated heterocycles. The number of ether oxygens (including phenoxy) is 1. The van der Waals surface area contributed by atoms with E-state index >= 15 is 0 Å². The molecule has 0 heterocycles. The minimum absolute atomic E-state index is 0.101. The maximum atomic E-state index is 11.6. The SMILES string of the molecule is CCOC(=O)c1c(CN)ccc(C#N)c1Cl. The summed E-state index contributed by atoms with van der Waals surface area (Å²) in [6.07, 6.45) is 0. The van der Waals surface area contributed by atoms with E-state index in [0.29, 0.717) is 5.56 Å². The Hall–Kier alpha value is -1.57. The van der Waals surface area contributed by atoms with Gasteiger partial charge in [-0.3, -0.25) is 0 Å². The molecule has 5 heteroatoms. The van der Waals surface area contributed by atoms with Gasteiger partial charge in [0, 0.05) is 6.54 Å². The Labute approximate surface area is 98.6 Å². The van der Waals surface area contributed by atoms with Gasteiger partial charge in [-0.1, -0.05) is 17.7 Å². The summed E-state index contributed by atoms with van der Waals surface area (Å²) in [6, 6.07) is 5.05. The quantitative estimate of drug-likeness (QED) is 0.816. The molecule has 0 spiro atoms. The highest BCUT2D eigenvalue weighted by atomic mass is 35.5. The van der Waals surface area contributed by atoms with Crippen LogP contribution in [0.2, 0.25) is 5.02 Å². The summed E-state index contributed by atoms with van der Waals surface area (Å²) in [5.41, 5.74) is 6.49. The summed E-state index contributed by atoms with van der Waals surface area (Å²) in [7, 11) is 0. The topological polar surface area (TPSA) is 76.1 Å². The van der Waals surface area contributed by atoms with E-state index in [0.717, 1.165) is 0 Å². The van der Waals surface area contributed by atoms with E-state index in [2.05, 4.69) is 0 Å². The maximum absolute atomic E-state index is 11.6. The molecule has 1 rings (SSSR count). The number of nitrogens with two attached hydrogens (primary N) is 1. The summed E-state index contributed by atoms with van der Waals surface area (Å²) in [6.45, 7) is 2.11. The van der Waals surface area contributed by atoms with Crippen molar-refractivity contribution < 1.29 is 9.53 Å². The molecule has 0 aliphatic rings. The van der Waals surface area contributed by atoms with Crippen LogP contribution in [0.5, 0.6) is 0 Å². The standard InChI is InChI=1S/C11H11ClN2O2/c1-2-16-11(15)9-7(5-13)3-4-8(6-14)10(9)12/h3-4H,2,5,13H2,1H3. The fraction of sp³-hybridized carbons (Fsp3) is 0.273. The van der Waals surface area contributed by atoms with Crippen molar-refractivity contribution in [1.82, 2.24) is 0 Å². The van der Waals surface area contributed by atoms with Gasteiger partial charge >= 0.3 is 5.97 Å². The fourth-order valence-corrected chi connectivity index (χ4v) is 1.60. The lowest BCUT2D eigenvalue weighted by atomic mass is 10.0. The van der Waals surface area contributed by atoms with Crippen molar-refractivity contribution in [3.63, 3.8) is 0 Å². The highest BCUT2D eigenvalue weighted by molar-refractivity contribution is 6.34. The second-order valence-electron chi connectivity index (χ2n) is 3.00. The van der Waals surface area contributed by atoms with E-state index in [4.69, 9.17) is 27.3 Å². The Morgan fingerprint density at radius 1 is 1.62 bits per heavy atom. The van der Waals surface area contributed by atoms with Crippen molar-refractivity contribution in [1.29, 1.82) is 5.26 Å². The molecule has 0 unspecified atom stereocenters. The number of carbonyl (C=O) groups is 1. The van der Waals surface area contributed by atoms with Gasteiger partial charge in [-0.15, -0.1) is 0 Å². The number of nitrogens with zero attached hydrogens (tertiary/aromatic N) is 1. The zero-order valence-corrected chi connectivity index (χ0v) is 9.54. The molecular weight excluding hydrogens is 228 g/mol. The third-order valence-electron chi connectivity index (χ3n) is 2.05. The largest absolute Gasteiger partial charge is 0.462 e. The van der Waals surface area contributed by atoms with Crippen LogP contribution < -0.4 is 5.73 Å². The van der Waals surface area contributed by atoms with Crippen LogP contribution in [0.15, 0.2) is 12.1 Å². The Bertz CT molecular complexity index is 452. The molecule has 1 aromatic carbocycles. The van der Waals surface area contributed by atoms with Crippen molar-refractivity contribution in [2.75, 3.05) is 6.61 Å². The van der Waals surface area contributed by atoms with Crippen molar-refractivity contribution in [2.45, 2.75) is 13.5 Å². The normalized spacial score (nSPS) is 9.62. The Kier molecular flexibility index (Phi) is 4.29. The molecule has 0 atom stereocenters. The average molecular weight is 239 g/mol. The van der Waals surface area contributed by atoms with Crippen molar-refractivity contribution >= 4 is 17.6 Å². The molecule has 16 heavy (non-hydrogen) atoms. The molecule has 0 aromatic heterocycles. The smallest absolute Gasteiger partial charge is 0.340 e. The van der Waals surface area contributed by atoms with Gasteiger partial charge in [0.2, 0.25) is 0 Å². The van der Waals surface area contributed by atoms with Gasteiger partial charge in [0.25, 0.3) is 0 Å². The van der Waals surface area contributed by atoms with Crippen LogP contribution >= 0.6 is 11.6 Å². The van der Waals surface area contributed by atoms with Gasteiger partial charge in [-0.05, 0) is 18.6 Å². The zero-order chi connectivity index (χ0) is 12.1. The summed E-state index contributed by atoms with van der Waals surface area (Å²) in [5.74, 6) is -0.551. The highest BCUT2D eigenvalue weighted by Gasteiger charge is 2.18. The summed E-state index contributed by atoms with van der Waals surface area (Å²) >= 11 is 5.94. The van der Waals surface area contributed by atoms with Crippen LogP contribution in [0, 0.1) is 11.3 Å². The third kappa shape index (κ3) is 2.32. The Morgan fingerprint density at radius 3 is 2.81 bits per heavy atom. The number of halogens is 1. The van der Waals surface area contributed by atoms with Crippen molar-refractivity contribution in [3.05, 3.63) is 33.8 Å². The van der Waals surface area contributed by atoms with Crippen LogP contribution in [-0.2, 0) is 11.3 Å². The lowest BCUT2D eigenvalue weighted by molar-refractivity contribution is 0.0525. The van der Waals surface area contributed by atoms with E-state index in [1.807, 2.05) is 6.07 Å². The predicted molar refractivity (Wildman–Crippen MR) is 60.0 cm³/mol. The van der Waals surface area contributed by atoms with Crippen LogP contribution in [0.1, 0.15) is 28.4 Å². The van der Waals surface area contributed by atoms with E-state index in [-0.39, 0.29) is 29.3 Å². The van der Waals surface area contributed by atoms with Crippen molar-refractivity contribution in [2.24, 2.45) is 5.73 Å². The molecule has 0 radical (unpaired) electrons. The molecule has 0 amide bonds. The first-order valence-electron chi connectivity index (χ1n) is 4.74. The molecule has 0 aliphatic heterocycles. The van der Waals surface area contributed by atoms with E-state index in [9.17, 15) is 4.79 Å². The maximum Gasteiger partial charge on any atom is 0.340 e. The predicted octanol–water partition coefficient (Wildman–Crippen LogP) is 1.85. The Balaban J connectivity index is 3.33. The first kappa shape index (κ1) is 12.5. The minimum atomic E-state index is -0.551. The second kappa shape index (κ2) is 5.50. The second-order valence-corrected chi connectivity index (χ2v) is 3.38. The number of benzene rings is 1. The first-order chi connectivity index (χ1) is 7.65. The molecule has 0 bridgehead atoms. The van der Waals surface area contributed by atoms with Gasteiger partial charge < -0.3 is 10.5 Å². The summed E-state index contributed by atoms with van der Waals surface area (Å²) < 4.78 is 4.86. The lowest BCUT2D eigenvalue weighted by Gasteiger charge is -2.09. The van der Waals surface area contributed by atoms with Crippen LogP contribution in [0.25, 0.3) is 0 Å². The summed E-state index contributed by atoms with van der Waals surface area (Å²) in [4.78, 5) is 11.6. The monoisotopic (exact) mass is 238 g/mol. The van der Waals surface area contributed by atoms with Gasteiger partial charge in [-0.2, -0.15) is 5.26 Å². The lowest BCUT2D eigenvalue weighted by Crippen LogP contribution is -2.12. The molecule has 0 saturated carbocycles. The molecule has 0 aliphatic carbocycles. The van der Waals surface area contributed by atoms with E-state index in [1.54, 1.807) is 13.0 Å². The molecule has 4 nitrogen and oxygen atoms in total. The van der Waals surface area contributed by atoms with E-state index < -0.39 is 5.97 Å². The van der Waals surface area contributed by atoms with Crippen LogP contribution in [0.4, 0.5) is 0 Å². The Morgan fingerprint density at radius 2 is 2.31 bits per heavy atom. The molecule has 0 fully saturated rings. The highest BCUT2D eigenvalue weighted by Crippen LogP contribution is 2.25. The molecule has 84 valence electrons. The first-order valence-corrected chi connectivity index (χ1v) is 5.12. The minimum Gasteiger partial charge on any atom is -0.462 e. The molecule has 2 N–H and O–H groups in total. The molecular formula is C11H11ClN2O2.